The van der Waals surface area contributed by atoms with Crippen LogP contribution in [0.25, 0.3) is 0 Å². The number of hydrogen-bond donors (Lipinski definition) is 2. The molecule has 112 valence electrons. The molecule has 2 aromatic carbocycles. The van der Waals surface area contributed by atoms with Crippen LogP contribution in [-0.2, 0) is 10.0 Å². The maximum absolute atomic E-state index is 11.6. The van der Waals surface area contributed by atoms with E-state index in [9.17, 15) is 8.42 Å². The molecule has 0 aliphatic rings. The van der Waals surface area contributed by atoms with Crippen LogP contribution < -0.4 is 10.9 Å². The molecule has 21 heavy (non-hydrogen) atoms. The number of primary sulfonamides is 1. The molecule has 0 saturated heterocycles. The van der Waals surface area contributed by atoms with Crippen molar-refractivity contribution < 1.29 is 8.42 Å². The second kappa shape index (κ2) is 6.06. The minimum atomic E-state index is -3.84. The molecule has 0 bridgehead atoms. The predicted molar refractivity (Wildman–Crippen MR) is 87.5 cm³/mol. The Bertz CT molecular complexity index is 808. The van der Waals surface area contributed by atoms with Crippen LogP contribution in [0.1, 0.15) is 5.56 Å². The van der Waals surface area contributed by atoms with Gasteiger partial charge in [-0.2, -0.15) is 0 Å². The Morgan fingerprint density at radius 3 is 2.38 bits per heavy atom. The van der Waals surface area contributed by atoms with E-state index in [1.165, 1.54) is 17.8 Å². The second-order valence-electron chi connectivity index (χ2n) is 4.36. The molecule has 0 aliphatic heterocycles. The van der Waals surface area contributed by atoms with Crippen molar-refractivity contribution in [3.8, 4) is 0 Å². The molecule has 4 nitrogen and oxygen atoms in total. The zero-order chi connectivity index (χ0) is 15.8. The van der Waals surface area contributed by atoms with Crippen LogP contribution >= 0.6 is 35.0 Å². The molecule has 0 saturated carbocycles. The molecule has 0 radical (unpaired) electrons. The van der Waals surface area contributed by atoms with Gasteiger partial charge in [0.1, 0.15) is 0 Å². The lowest BCUT2D eigenvalue weighted by molar-refractivity contribution is 0.597. The highest BCUT2D eigenvalue weighted by Gasteiger charge is 2.17. The van der Waals surface area contributed by atoms with Crippen LogP contribution in [0.4, 0.5) is 5.69 Å². The van der Waals surface area contributed by atoms with E-state index in [0.29, 0.717) is 31.1 Å². The molecule has 2 rings (SSSR count). The summed E-state index contributed by atoms with van der Waals surface area (Å²) in [5.74, 6) is 0. The first kappa shape index (κ1) is 16.5. The first-order valence-corrected chi connectivity index (χ1v) is 8.86. The molecule has 0 aromatic heterocycles. The zero-order valence-electron chi connectivity index (χ0n) is 10.9. The summed E-state index contributed by atoms with van der Waals surface area (Å²) in [5.41, 5.74) is 6.59. The van der Waals surface area contributed by atoms with Crippen molar-refractivity contribution in [2.45, 2.75) is 21.6 Å². The first-order valence-electron chi connectivity index (χ1n) is 5.74. The van der Waals surface area contributed by atoms with Crippen LogP contribution in [0.15, 0.2) is 45.0 Å². The van der Waals surface area contributed by atoms with Gasteiger partial charge in [0.25, 0.3) is 0 Å². The van der Waals surface area contributed by atoms with E-state index in [0.717, 1.165) is 0 Å². The van der Waals surface area contributed by atoms with Gasteiger partial charge < -0.3 is 5.73 Å². The van der Waals surface area contributed by atoms with Gasteiger partial charge in [-0.3, -0.25) is 0 Å². The molecule has 0 spiro atoms. The summed E-state index contributed by atoms with van der Waals surface area (Å²) < 4.78 is 23.2. The summed E-state index contributed by atoms with van der Waals surface area (Å²) in [6.45, 7) is 1.67. The Labute approximate surface area is 137 Å². The molecule has 0 fully saturated rings. The minimum Gasteiger partial charge on any atom is -0.399 e. The van der Waals surface area contributed by atoms with Crippen LogP contribution in [-0.4, -0.2) is 8.42 Å². The Balaban J connectivity index is 2.55. The topological polar surface area (TPSA) is 86.2 Å². The minimum absolute atomic E-state index is 0.00292. The predicted octanol–water partition coefficient (Wildman–Crippen LogP) is 3.68. The second-order valence-corrected chi connectivity index (χ2v) is 7.82. The molecule has 4 N–H and O–H groups in total. The number of hydrogen-bond acceptors (Lipinski definition) is 4. The monoisotopic (exact) mass is 362 g/mol. The summed E-state index contributed by atoms with van der Waals surface area (Å²) in [6.07, 6.45) is 0. The Hall–Kier alpha value is -0.920. The molecular weight excluding hydrogens is 351 g/mol. The third kappa shape index (κ3) is 3.84. The van der Waals surface area contributed by atoms with Crippen molar-refractivity contribution in [2.75, 3.05) is 5.73 Å². The maximum Gasteiger partial charge on any atom is 0.238 e. The zero-order valence-corrected chi connectivity index (χ0v) is 14.1. The van der Waals surface area contributed by atoms with Crippen molar-refractivity contribution >= 4 is 50.7 Å². The standard InChI is InChI=1S/C13H12Cl2N2O2S2/c1-7-11(5-9(16)6-13(7)21(17,18)19)20-12-4-8(14)2-3-10(12)15/h2-6H,16H2,1H3,(H2,17,18,19). The van der Waals surface area contributed by atoms with Crippen LogP contribution in [0.2, 0.25) is 10.0 Å². The fourth-order valence-electron chi connectivity index (χ4n) is 1.76. The summed E-state index contributed by atoms with van der Waals surface area (Å²) >= 11 is 13.3. The smallest absolute Gasteiger partial charge is 0.238 e. The fourth-order valence-corrected chi connectivity index (χ4v) is 4.18. The number of rotatable bonds is 3. The average Bonchev–Trinajstić information content (AvgIpc) is 2.36. The van der Waals surface area contributed by atoms with E-state index in [-0.39, 0.29) is 4.90 Å². The number of anilines is 1. The summed E-state index contributed by atoms with van der Waals surface area (Å²) in [6, 6.07) is 8.07. The lowest BCUT2D eigenvalue weighted by Gasteiger charge is -2.12. The van der Waals surface area contributed by atoms with Crippen molar-refractivity contribution in [3.05, 3.63) is 45.9 Å². The number of benzene rings is 2. The highest BCUT2D eigenvalue weighted by atomic mass is 35.5. The van der Waals surface area contributed by atoms with Gasteiger partial charge in [0.15, 0.2) is 0 Å². The van der Waals surface area contributed by atoms with Gasteiger partial charge in [0.05, 0.1) is 9.92 Å². The van der Waals surface area contributed by atoms with E-state index in [1.807, 2.05) is 0 Å². The van der Waals surface area contributed by atoms with Crippen LogP contribution in [0, 0.1) is 6.92 Å². The van der Waals surface area contributed by atoms with Gasteiger partial charge in [-0.05, 0) is 42.8 Å². The van der Waals surface area contributed by atoms with E-state index < -0.39 is 10.0 Å². The lowest BCUT2D eigenvalue weighted by atomic mass is 10.2. The SMILES string of the molecule is Cc1c(Sc2cc(Cl)ccc2Cl)cc(N)cc1S(N)(=O)=O. The number of sulfonamides is 1. The molecule has 2 aromatic rings. The van der Waals surface area contributed by atoms with E-state index in [2.05, 4.69) is 0 Å². The van der Waals surface area contributed by atoms with Crippen LogP contribution in [0.3, 0.4) is 0 Å². The molecule has 0 heterocycles. The quantitative estimate of drug-likeness (QED) is 0.815. The molecule has 0 unspecified atom stereocenters. The number of halogens is 2. The average molecular weight is 363 g/mol. The van der Waals surface area contributed by atoms with Gasteiger partial charge >= 0.3 is 0 Å². The van der Waals surface area contributed by atoms with E-state index in [1.54, 1.807) is 31.2 Å². The summed E-state index contributed by atoms with van der Waals surface area (Å²) in [5, 5.41) is 6.26. The third-order valence-corrected chi connectivity index (χ3v) is 5.67. The number of nitrogens with two attached hydrogens (primary N) is 2. The van der Waals surface area contributed by atoms with Crippen molar-refractivity contribution in [2.24, 2.45) is 5.14 Å². The highest BCUT2D eigenvalue weighted by molar-refractivity contribution is 7.99. The van der Waals surface area contributed by atoms with Crippen molar-refractivity contribution in [1.82, 2.24) is 0 Å². The van der Waals surface area contributed by atoms with Gasteiger partial charge in [-0.1, -0.05) is 35.0 Å². The van der Waals surface area contributed by atoms with E-state index >= 15 is 0 Å². The van der Waals surface area contributed by atoms with Crippen molar-refractivity contribution in [1.29, 1.82) is 0 Å². The Morgan fingerprint density at radius 2 is 1.76 bits per heavy atom. The lowest BCUT2D eigenvalue weighted by Crippen LogP contribution is -2.14. The van der Waals surface area contributed by atoms with E-state index in [4.69, 9.17) is 34.1 Å². The molecule has 0 atom stereocenters. The van der Waals surface area contributed by atoms with Gasteiger partial charge in [0.2, 0.25) is 10.0 Å². The summed E-state index contributed by atoms with van der Waals surface area (Å²) in [4.78, 5) is 1.37. The largest absolute Gasteiger partial charge is 0.399 e. The molecular formula is C13H12Cl2N2O2S2. The molecule has 8 heteroatoms. The fraction of sp³-hybridized carbons (Fsp3) is 0.0769. The summed E-state index contributed by atoms with van der Waals surface area (Å²) in [7, 11) is -3.84. The highest BCUT2D eigenvalue weighted by Crippen LogP contribution is 2.39. The van der Waals surface area contributed by atoms with Gasteiger partial charge in [-0.15, -0.1) is 0 Å². The van der Waals surface area contributed by atoms with Gasteiger partial charge in [0, 0.05) is 20.5 Å². The van der Waals surface area contributed by atoms with Gasteiger partial charge in [-0.25, -0.2) is 13.6 Å². The van der Waals surface area contributed by atoms with Crippen molar-refractivity contribution in [3.63, 3.8) is 0 Å². The molecule has 0 amide bonds. The Morgan fingerprint density at radius 1 is 1.10 bits per heavy atom. The normalized spacial score (nSPS) is 11.6. The molecule has 0 aliphatic carbocycles. The number of nitrogen functional groups attached to an aromatic ring is 1. The maximum atomic E-state index is 11.6. The first-order chi connectivity index (χ1) is 9.68. The van der Waals surface area contributed by atoms with Crippen LogP contribution in [0.5, 0.6) is 0 Å². The Kier molecular flexibility index (Phi) is 4.75. The third-order valence-electron chi connectivity index (χ3n) is 2.75.